The third-order valence-electron chi connectivity index (χ3n) is 10.2. The summed E-state index contributed by atoms with van der Waals surface area (Å²) < 4.78 is 0. The fraction of sp³-hybridized carbons (Fsp3) is 0.649. The maximum atomic E-state index is 4.79. The van der Waals surface area contributed by atoms with Crippen LogP contribution >= 0.6 is 12.2 Å². The van der Waals surface area contributed by atoms with Crippen molar-refractivity contribution < 1.29 is 0 Å². The zero-order valence-electron chi connectivity index (χ0n) is 24.8. The number of rotatable bonds is 11. The molecule has 0 aliphatic heterocycles. The van der Waals surface area contributed by atoms with Crippen LogP contribution in [0.5, 0.6) is 0 Å². The van der Waals surface area contributed by atoms with E-state index in [1.165, 1.54) is 140 Å². The van der Waals surface area contributed by atoms with Gasteiger partial charge in [0.15, 0.2) is 0 Å². The molecule has 0 radical (unpaired) electrons. The first-order chi connectivity index (χ1) is 19.2. The third-order valence-corrected chi connectivity index (χ3v) is 10.3. The van der Waals surface area contributed by atoms with Gasteiger partial charge in [-0.15, -0.1) is 0 Å². The lowest BCUT2D eigenvalue weighted by Gasteiger charge is -2.45. The van der Waals surface area contributed by atoms with Gasteiger partial charge in [0, 0.05) is 0 Å². The summed E-state index contributed by atoms with van der Waals surface area (Å²) >= 11 is 4.79. The number of aryl methyl sites for hydroxylation is 2. The third kappa shape index (κ3) is 9.40. The molecular weight excluding hydrogens is 490 g/mol. The molecule has 4 rings (SSSR count). The maximum absolute atomic E-state index is 4.79. The van der Waals surface area contributed by atoms with Crippen molar-refractivity contribution in [2.45, 2.75) is 141 Å². The number of benzene rings is 2. The number of hydrogen-bond donors (Lipinski definition) is 0. The van der Waals surface area contributed by atoms with Crippen molar-refractivity contribution in [1.29, 1.82) is 0 Å². The molecule has 0 N–H and O–H groups in total. The smallest absolute Gasteiger partial charge is 0.0739 e. The van der Waals surface area contributed by atoms with E-state index in [0.717, 1.165) is 17.5 Å². The van der Waals surface area contributed by atoms with Gasteiger partial charge in [0.2, 0.25) is 0 Å². The van der Waals surface area contributed by atoms with Crippen LogP contribution in [0, 0.1) is 11.3 Å². The first kappa shape index (κ1) is 30.2. The molecule has 0 heterocycles. The number of isothiocyanates is 1. The Morgan fingerprint density at radius 2 is 1.38 bits per heavy atom. The van der Waals surface area contributed by atoms with Gasteiger partial charge in [0.25, 0.3) is 0 Å². The van der Waals surface area contributed by atoms with E-state index in [0.29, 0.717) is 5.41 Å². The molecule has 0 aromatic heterocycles. The Kier molecular flexibility index (Phi) is 12.8. The second-order valence-corrected chi connectivity index (χ2v) is 13.0. The lowest BCUT2D eigenvalue weighted by atomic mass is 9.60. The van der Waals surface area contributed by atoms with Gasteiger partial charge in [-0.2, -0.15) is 4.99 Å². The summed E-state index contributed by atoms with van der Waals surface area (Å²) in [5, 5.41) is 2.50. The van der Waals surface area contributed by atoms with Crippen molar-refractivity contribution in [3.8, 4) is 0 Å². The van der Waals surface area contributed by atoms with E-state index in [1.54, 1.807) is 5.56 Å². The second-order valence-electron chi connectivity index (χ2n) is 12.8. The highest BCUT2D eigenvalue weighted by Crippen LogP contribution is 2.51. The summed E-state index contributed by atoms with van der Waals surface area (Å²) in [4.78, 5) is 4.16. The second kappa shape index (κ2) is 16.5. The number of aliphatic imine (C=N–C) groups is 1. The van der Waals surface area contributed by atoms with Crippen LogP contribution in [0.2, 0.25) is 0 Å². The van der Waals surface area contributed by atoms with Crippen LogP contribution in [0.4, 0.5) is 5.69 Å². The molecule has 2 aromatic rings. The van der Waals surface area contributed by atoms with Gasteiger partial charge in [-0.1, -0.05) is 108 Å². The summed E-state index contributed by atoms with van der Waals surface area (Å²) in [5.41, 5.74) is 6.02. The van der Waals surface area contributed by atoms with E-state index in [4.69, 9.17) is 12.2 Å². The van der Waals surface area contributed by atoms with E-state index < -0.39 is 0 Å². The summed E-state index contributed by atoms with van der Waals surface area (Å²) in [5.74, 6) is 1.64. The highest BCUT2D eigenvalue weighted by atomic mass is 32.1. The normalized spacial score (nSPS) is 23.2. The zero-order valence-corrected chi connectivity index (χ0v) is 25.6. The number of nitrogens with zero attached hydrogens (tertiary/aromatic N) is 1. The quantitative estimate of drug-likeness (QED) is 0.156. The molecule has 2 aliphatic carbocycles. The highest BCUT2D eigenvalue weighted by Gasteiger charge is 2.38. The van der Waals surface area contributed by atoms with Gasteiger partial charge in [-0.3, -0.25) is 0 Å². The highest BCUT2D eigenvalue weighted by molar-refractivity contribution is 7.78. The van der Waals surface area contributed by atoms with Crippen molar-refractivity contribution in [1.82, 2.24) is 0 Å². The maximum Gasteiger partial charge on any atom is 0.0739 e. The predicted molar refractivity (Wildman–Crippen MR) is 172 cm³/mol. The first-order valence-electron chi connectivity index (χ1n) is 16.5. The van der Waals surface area contributed by atoms with Crippen LogP contribution in [0.1, 0.15) is 145 Å². The average molecular weight is 544 g/mol. The van der Waals surface area contributed by atoms with Crippen molar-refractivity contribution in [2.75, 3.05) is 0 Å². The molecule has 2 unspecified atom stereocenters. The Balaban J connectivity index is 1.46. The molecule has 0 amide bonds. The van der Waals surface area contributed by atoms with Crippen molar-refractivity contribution in [2.24, 2.45) is 16.3 Å². The van der Waals surface area contributed by atoms with Crippen molar-refractivity contribution in [3.63, 3.8) is 0 Å². The largest absolute Gasteiger partial charge is 0.195 e. The average Bonchev–Trinajstić information content (AvgIpc) is 2.93. The van der Waals surface area contributed by atoms with E-state index >= 15 is 0 Å². The molecular formula is C37H53NS. The lowest BCUT2D eigenvalue weighted by Crippen LogP contribution is -2.34. The Labute approximate surface area is 245 Å². The zero-order chi connectivity index (χ0) is 27.2. The molecule has 0 bridgehead atoms. The van der Waals surface area contributed by atoms with Gasteiger partial charge in [0.05, 0.1) is 10.8 Å². The van der Waals surface area contributed by atoms with Crippen LogP contribution in [0.25, 0.3) is 0 Å². The molecule has 2 heteroatoms. The molecule has 39 heavy (non-hydrogen) atoms. The number of unbranched alkanes of at least 4 members (excludes halogenated alkanes) is 3. The van der Waals surface area contributed by atoms with Gasteiger partial charge >= 0.3 is 0 Å². The molecule has 2 fully saturated rings. The van der Waals surface area contributed by atoms with Gasteiger partial charge in [0.1, 0.15) is 0 Å². The molecule has 2 aliphatic rings. The first-order valence-corrected chi connectivity index (χ1v) is 16.9. The van der Waals surface area contributed by atoms with E-state index in [1.807, 2.05) is 0 Å². The topological polar surface area (TPSA) is 12.4 Å². The fourth-order valence-electron chi connectivity index (χ4n) is 7.76. The van der Waals surface area contributed by atoms with Gasteiger partial charge < -0.3 is 0 Å². The SMILES string of the molecule is CCCCCCc1ccc(C2CCCCC(CCc3ccc(N=C=S)cc3)(C3CCCCCCC3)CC2)cc1. The van der Waals surface area contributed by atoms with E-state index in [2.05, 4.69) is 65.6 Å². The molecule has 2 aromatic carbocycles. The summed E-state index contributed by atoms with van der Waals surface area (Å²) in [7, 11) is 0. The molecule has 2 atom stereocenters. The molecule has 2 saturated carbocycles. The summed E-state index contributed by atoms with van der Waals surface area (Å²) in [6, 6.07) is 18.6. The van der Waals surface area contributed by atoms with Crippen molar-refractivity contribution in [3.05, 3.63) is 65.2 Å². The van der Waals surface area contributed by atoms with Crippen LogP contribution in [0.3, 0.4) is 0 Å². The Bertz CT molecular complexity index is 995. The number of hydrogen-bond acceptors (Lipinski definition) is 2. The summed E-state index contributed by atoms with van der Waals surface area (Å²) in [6.45, 7) is 2.30. The van der Waals surface area contributed by atoms with E-state index in [-0.39, 0.29) is 0 Å². The standard InChI is InChI=1S/C37H53NS/c1-2-3-4-8-13-31-17-21-34(22-18-31)33-14-11-12-27-37(29-26-33,35-15-9-6-5-7-10-16-35)28-25-32-19-23-36(24-20-32)38-30-39/h17-24,33,35H,2-16,25-29H2,1H3. The van der Waals surface area contributed by atoms with E-state index in [9.17, 15) is 0 Å². The predicted octanol–water partition coefficient (Wildman–Crippen LogP) is 12.0. The number of thiocarbonyl (C=S) groups is 1. The Hall–Kier alpha value is -1.76. The van der Waals surface area contributed by atoms with Crippen molar-refractivity contribution >= 4 is 23.1 Å². The Morgan fingerprint density at radius 3 is 2.10 bits per heavy atom. The fourth-order valence-corrected chi connectivity index (χ4v) is 7.86. The minimum Gasteiger partial charge on any atom is -0.195 e. The van der Waals surface area contributed by atoms with Gasteiger partial charge in [-0.05, 0) is 122 Å². The van der Waals surface area contributed by atoms with Crippen LogP contribution < -0.4 is 0 Å². The summed E-state index contributed by atoms with van der Waals surface area (Å²) in [6.07, 6.45) is 27.7. The van der Waals surface area contributed by atoms with Crippen LogP contribution in [-0.2, 0) is 12.8 Å². The Morgan fingerprint density at radius 1 is 0.718 bits per heavy atom. The minimum absolute atomic E-state index is 0.500. The molecule has 0 spiro atoms. The monoisotopic (exact) mass is 543 g/mol. The molecule has 0 saturated heterocycles. The molecule has 1 nitrogen and oxygen atoms in total. The molecule has 212 valence electrons. The lowest BCUT2D eigenvalue weighted by molar-refractivity contribution is 0.0739. The van der Waals surface area contributed by atoms with Crippen LogP contribution in [0.15, 0.2) is 53.5 Å². The minimum atomic E-state index is 0.500. The van der Waals surface area contributed by atoms with Gasteiger partial charge in [-0.25, -0.2) is 0 Å². The van der Waals surface area contributed by atoms with Crippen LogP contribution in [-0.4, -0.2) is 5.16 Å².